The maximum atomic E-state index is 11.5. The molecule has 0 spiro atoms. The molecule has 1 aromatic heterocycles. The fraction of sp³-hybridized carbons (Fsp3) is 0.667. The second-order valence-corrected chi connectivity index (χ2v) is 5.75. The third-order valence-electron chi connectivity index (χ3n) is 2.76. The number of hydrogen-bond acceptors (Lipinski definition) is 4. The predicted molar refractivity (Wildman–Crippen MR) is 69.0 cm³/mol. The van der Waals surface area contributed by atoms with Crippen LogP contribution in [0.5, 0.6) is 0 Å². The molecule has 1 heterocycles. The van der Waals surface area contributed by atoms with Gasteiger partial charge >= 0.3 is 0 Å². The van der Waals surface area contributed by atoms with Gasteiger partial charge < -0.3 is 10.2 Å². The Bertz CT molecular complexity index is 387. The monoisotopic (exact) mass is 253 g/mol. The Morgan fingerprint density at radius 2 is 2.41 bits per heavy atom. The van der Waals surface area contributed by atoms with Crippen LogP contribution in [0.1, 0.15) is 30.0 Å². The number of carbonyl (C=O) groups is 1. The summed E-state index contributed by atoms with van der Waals surface area (Å²) in [7, 11) is 2.03. The van der Waals surface area contributed by atoms with E-state index in [2.05, 4.69) is 20.6 Å². The highest BCUT2D eigenvalue weighted by Gasteiger charge is 2.22. The van der Waals surface area contributed by atoms with Crippen LogP contribution in [-0.4, -0.2) is 35.4 Å². The normalized spacial score (nSPS) is 15.2. The second kappa shape index (κ2) is 5.60. The third-order valence-corrected chi connectivity index (χ3v) is 3.58. The molecule has 1 amide bonds. The number of thiazole rings is 1. The van der Waals surface area contributed by atoms with Crippen molar-refractivity contribution in [1.29, 1.82) is 0 Å². The van der Waals surface area contributed by atoms with Crippen LogP contribution < -0.4 is 5.32 Å². The number of rotatable bonds is 6. The summed E-state index contributed by atoms with van der Waals surface area (Å²) < 4.78 is 0. The Morgan fingerprint density at radius 3 is 3.00 bits per heavy atom. The van der Waals surface area contributed by atoms with Gasteiger partial charge in [-0.15, -0.1) is 11.3 Å². The van der Waals surface area contributed by atoms with Crippen LogP contribution in [0, 0.1) is 6.92 Å². The molecule has 1 aliphatic rings. The molecule has 2 rings (SSSR count). The van der Waals surface area contributed by atoms with Gasteiger partial charge in [0.1, 0.15) is 0 Å². The summed E-state index contributed by atoms with van der Waals surface area (Å²) >= 11 is 1.67. The number of nitrogens with zero attached hydrogens (tertiary/aromatic N) is 2. The van der Waals surface area contributed by atoms with Crippen molar-refractivity contribution in [2.45, 2.75) is 38.8 Å². The molecule has 0 unspecified atom stereocenters. The van der Waals surface area contributed by atoms with E-state index < -0.39 is 0 Å². The zero-order chi connectivity index (χ0) is 12.3. The molecule has 0 aliphatic heterocycles. The predicted octanol–water partition coefficient (Wildman–Crippen LogP) is 1.55. The molecular weight excluding hydrogens is 234 g/mol. The minimum absolute atomic E-state index is 0.175. The lowest BCUT2D eigenvalue weighted by atomic mass is 10.3. The first kappa shape index (κ1) is 12.5. The molecule has 0 radical (unpaired) electrons. The fourth-order valence-electron chi connectivity index (χ4n) is 1.66. The van der Waals surface area contributed by atoms with Gasteiger partial charge in [-0.1, -0.05) is 0 Å². The van der Waals surface area contributed by atoms with Gasteiger partial charge in [-0.3, -0.25) is 4.79 Å². The minimum Gasteiger partial charge on any atom is -0.353 e. The molecule has 94 valence electrons. The van der Waals surface area contributed by atoms with Crippen LogP contribution in [0.15, 0.2) is 5.38 Å². The number of hydrogen-bond donors (Lipinski definition) is 1. The molecule has 1 aromatic rings. The molecule has 0 saturated heterocycles. The maximum absolute atomic E-state index is 11.5. The topological polar surface area (TPSA) is 45.2 Å². The molecule has 0 atom stereocenters. The van der Waals surface area contributed by atoms with Crippen molar-refractivity contribution < 1.29 is 4.79 Å². The van der Waals surface area contributed by atoms with E-state index in [1.165, 1.54) is 0 Å². The van der Waals surface area contributed by atoms with Gasteiger partial charge in [0.25, 0.3) is 0 Å². The van der Waals surface area contributed by atoms with Crippen molar-refractivity contribution in [3.05, 3.63) is 16.1 Å². The lowest BCUT2D eigenvalue weighted by Crippen LogP contribution is -2.30. The quantitative estimate of drug-likeness (QED) is 0.836. The summed E-state index contributed by atoms with van der Waals surface area (Å²) in [4.78, 5) is 18.1. The van der Waals surface area contributed by atoms with Gasteiger partial charge in [0.2, 0.25) is 5.91 Å². The molecule has 0 aromatic carbocycles. The number of aryl methyl sites for hydroxylation is 1. The zero-order valence-corrected chi connectivity index (χ0v) is 11.2. The Morgan fingerprint density at radius 1 is 1.65 bits per heavy atom. The van der Waals surface area contributed by atoms with E-state index in [1.54, 1.807) is 11.3 Å². The Labute approximate surface area is 106 Å². The van der Waals surface area contributed by atoms with Crippen molar-refractivity contribution in [2.24, 2.45) is 0 Å². The van der Waals surface area contributed by atoms with E-state index in [4.69, 9.17) is 0 Å². The second-order valence-electron chi connectivity index (χ2n) is 4.69. The molecule has 0 bridgehead atoms. The van der Waals surface area contributed by atoms with Gasteiger partial charge in [0, 0.05) is 30.9 Å². The van der Waals surface area contributed by atoms with Crippen LogP contribution in [0.2, 0.25) is 0 Å². The highest BCUT2D eigenvalue weighted by molar-refractivity contribution is 7.09. The fourth-order valence-corrected chi connectivity index (χ4v) is 2.26. The first-order chi connectivity index (χ1) is 8.13. The van der Waals surface area contributed by atoms with Gasteiger partial charge in [0.05, 0.1) is 10.7 Å². The average Bonchev–Trinajstić information content (AvgIpc) is 2.99. The van der Waals surface area contributed by atoms with E-state index in [1.807, 2.05) is 14.0 Å². The van der Waals surface area contributed by atoms with Crippen LogP contribution in [0.3, 0.4) is 0 Å². The molecular formula is C12H19N3OS. The first-order valence-electron chi connectivity index (χ1n) is 6.02. The lowest BCUT2D eigenvalue weighted by Gasteiger charge is -2.14. The number of aromatic nitrogens is 1. The summed E-state index contributed by atoms with van der Waals surface area (Å²) in [6.45, 7) is 3.62. The first-order valence-corrected chi connectivity index (χ1v) is 6.90. The lowest BCUT2D eigenvalue weighted by molar-refractivity contribution is -0.121. The van der Waals surface area contributed by atoms with Gasteiger partial charge in [0.15, 0.2) is 0 Å². The standard InChI is InChI=1S/C12H19N3OS/c1-9-13-11(8-17-9)7-15(2)6-5-12(16)14-10-3-4-10/h8,10H,3-7H2,1-2H3,(H,14,16). The summed E-state index contributed by atoms with van der Waals surface area (Å²) in [5.74, 6) is 0.175. The number of amides is 1. The van der Waals surface area contributed by atoms with E-state index >= 15 is 0 Å². The Hall–Kier alpha value is -0.940. The van der Waals surface area contributed by atoms with Gasteiger partial charge in [-0.2, -0.15) is 0 Å². The minimum atomic E-state index is 0.175. The molecule has 1 saturated carbocycles. The van der Waals surface area contributed by atoms with Crippen LogP contribution in [0.25, 0.3) is 0 Å². The van der Waals surface area contributed by atoms with Crippen LogP contribution >= 0.6 is 11.3 Å². The van der Waals surface area contributed by atoms with Crippen LogP contribution in [-0.2, 0) is 11.3 Å². The summed E-state index contributed by atoms with van der Waals surface area (Å²) in [6, 6.07) is 0.467. The van der Waals surface area contributed by atoms with Crippen molar-refractivity contribution in [3.63, 3.8) is 0 Å². The Balaban J connectivity index is 1.66. The van der Waals surface area contributed by atoms with Crippen molar-refractivity contribution in [2.75, 3.05) is 13.6 Å². The van der Waals surface area contributed by atoms with Crippen molar-refractivity contribution in [1.82, 2.24) is 15.2 Å². The number of carbonyl (C=O) groups excluding carboxylic acids is 1. The van der Waals surface area contributed by atoms with E-state index in [0.29, 0.717) is 12.5 Å². The molecule has 1 aliphatic carbocycles. The summed E-state index contributed by atoms with van der Waals surface area (Å²) in [6.07, 6.45) is 2.88. The Kier molecular flexibility index (Phi) is 4.12. The van der Waals surface area contributed by atoms with E-state index in [-0.39, 0.29) is 5.91 Å². The van der Waals surface area contributed by atoms with E-state index in [9.17, 15) is 4.79 Å². The van der Waals surface area contributed by atoms with Gasteiger partial charge in [-0.25, -0.2) is 4.98 Å². The average molecular weight is 253 g/mol. The number of nitrogens with one attached hydrogen (secondary N) is 1. The SMILES string of the molecule is Cc1nc(CN(C)CCC(=O)NC2CC2)cs1. The van der Waals surface area contributed by atoms with Crippen molar-refractivity contribution in [3.8, 4) is 0 Å². The van der Waals surface area contributed by atoms with Crippen LogP contribution in [0.4, 0.5) is 0 Å². The van der Waals surface area contributed by atoms with Crippen molar-refractivity contribution >= 4 is 17.2 Å². The summed E-state index contributed by atoms with van der Waals surface area (Å²) in [5, 5.41) is 6.17. The highest BCUT2D eigenvalue weighted by Crippen LogP contribution is 2.18. The molecule has 1 fully saturated rings. The maximum Gasteiger partial charge on any atom is 0.221 e. The third kappa shape index (κ3) is 4.44. The van der Waals surface area contributed by atoms with E-state index in [0.717, 1.165) is 36.6 Å². The highest BCUT2D eigenvalue weighted by atomic mass is 32.1. The zero-order valence-electron chi connectivity index (χ0n) is 10.4. The molecule has 5 heteroatoms. The summed E-state index contributed by atoms with van der Waals surface area (Å²) in [5.41, 5.74) is 1.10. The molecule has 17 heavy (non-hydrogen) atoms. The largest absolute Gasteiger partial charge is 0.353 e. The smallest absolute Gasteiger partial charge is 0.221 e. The molecule has 4 nitrogen and oxygen atoms in total. The molecule has 1 N–H and O–H groups in total. The van der Waals surface area contributed by atoms with Gasteiger partial charge in [-0.05, 0) is 26.8 Å².